The van der Waals surface area contributed by atoms with Crippen molar-refractivity contribution >= 4 is 17.5 Å². The van der Waals surface area contributed by atoms with Crippen LogP contribution < -0.4 is 0 Å². The Morgan fingerprint density at radius 1 is 1.07 bits per heavy atom. The number of ether oxygens (including phenoxy) is 1. The van der Waals surface area contributed by atoms with E-state index in [0.717, 1.165) is 36.6 Å². The van der Waals surface area contributed by atoms with Gasteiger partial charge in [-0.2, -0.15) is 0 Å². The second-order valence-electron chi connectivity index (χ2n) is 8.28. The van der Waals surface area contributed by atoms with Gasteiger partial charge in [-0.15, -0.1) is 0 Å². The molecule has 0 spiro atoms. The fourth-order valence-electron chi connectivity index (χ4n) is 3.34. The fourth-order valence-corrected chi connectivity index (χ4v) is 3.34. The Morgan fingerprint density at radius 3 is 2.30 bits per heavy atom. The van der Waals surface area contributed by atoms with Crippen LogP contribution in [-0.4, -0.2) is 33.9 Å². The van der Waals surface area contributed by atoms with Gasteiger partial charge in [-0.1, -0.05) is 38.3 Å². The van der Waals surface area contributed by atoms with Crippen LogP contribution in [0.5, 0.6) is 11.5 Å². The second-order valence-corrected chi connectivity index (χ2v) is 8.28. The lowest BCUT2D eigenvalue weighted by Crippen LogP contribution is -2.29. The number of carbonyl (C=O) groups excluding carboxylic acids is 3. The van der Waals surface area contributed by atoms with E-state index in [1.807, 2.05) is 19.9 Å². The van der Waals surface area contributed by atoms with Gasteiger partial charge in [0.25, 0.3) is 0 Å². The topological polar surface area (TPSA) is 101 Å². The Bertz CT molecular complexity index is 887. The van der Waals surface area contributed by atoms with E-state index in [0.29, 0.717) is 12.3 Å². The van der Waals surface area contributed by atoms with E-state index in [1.165, 1.54) is 0 Å². The molecule has 0 fully saturated rings. The van der Waals surface area contributed by atoms with E-state index in [2.05, 4.69) is 13.8 Å². The van der Waals surface area contributed by atoms with Crippen molar-refractivity contribution in [1.29, 1.82) is 0 Å². The molecule has 6 heteroatoms. The van der Waals surface area contributed by atoms with Gasteiger partial charge in [-0.05, 0) is 44.4 Å². The Labute approximate surface area is 177 Å². The molecule has 0 aliphatic heterocycles. The SMILES string of the molecule is CC(C)=CC[C@H](OC(=O)CCCCC(C)C)C1=CC(=O)c2c(O)ccc(O)c2C1=O. The summed E-state index contributed by atoms with van der Waals surface area (Å²) in [5.74, 6) is -1.88. The number of unbranched alkanes of at least 4 members (excludes halogenated alkanes) is 1. The van der Waals surface area contributed by atoms with E-state index < -0.39 is 29.4 Å². The minimum absolute atomic E-state index is 0.00132. The Balaban J connectivity index is 2.25. The molecule has 0 bridgehead atoms. The molecular weight excluding hydrogens is 384 g/mol. The van der Waals surface area contributed by atoms with Crippen molar-refractivity contribution < 1.29 is 29.3 Å². The smallest absolute Gasteiger partial charge is 0.306 e. The highest BCUT2D eigenvalue weighted by atomic mass is 16.5. The number of phenolic OH excluding ortho intramolecular Hbond substituents is 2. The van der Waals surface area contributed by atoms with Gasteiger partial charge in [0.15, 0.2) is 11.6 Å². The Hall–Kier alpha value is -2.89. The number of aromatic hydroxyl groups is 2. The summed E-state index contributed by atoms with van der Waals surface area (Å²) in [6, 6.07) is 2.32. The van der Waals surface area contributed by atoms with Crippen LogP contribution in [0.4, 0.5) is 0 Å². The summed E-state index contributed by atoms with van der Waals surface area (Å²) in [5, 5.41) is 20.1. The van der Waals surface area contributed by atoms with Gasteiger partial charge in [0, 0.05) is 18.4 Å². The molecular formula is C24H30O6. The molecule has 0 amide bonds. The molecule has 0 unspecified atom stereocenters. The van der Waals surface area contributed by atoms with Crippen molar-refractivity contribution in [3.8, 4) is 11.5 Å². The third-order valence-corrected chi connectivity index (χ3v) is 4.96. The summed E-state index contributed by atoms with van der Waals surface area (Å²) in [7, 11) is 0. The molecule has 1 aromatic rings. The van der Waals surface area contributed by atoms with Gasteiger partial charge < -0.3 is 14.9 Å². The van der Waals surface area contributed by atoms with Crippen LogP contribution in [0.2, 0.25) is 0 Å². The van der Waals surface area contributed by atoms with Crippen LogP contribution >= 0.6 is 0 Å². The minimum Gasteiger partial charge on any atom is -0.507 e. The maximum atomic E-state index is 13.0. The molecule has 30 heavy (non-hydrogen) atoms. The summed E-state index contributed by atoms with van der Waals surface area (Å²) >= 11 is 0. The first kappa shape index (κ1) is 23.4. The molecule has 0 heterocycles. The maximum Gasteiger partial charge on any atom is 0.306 e. The summed E-state index contributed by atoms with van der Waals surface area (Å²) < 4.78 is 5.58. The standard InChI is InChI=1S/C24H30O6/c1-14(2)7-5-6-8-21(28)30-20(12-9-15(3)4)16-13-19(27)22-17(25)10-11-18(26)23(22)24(16)29/h9-11,13-14,20,25-26H,5-8,12H2,1-4H3/t20-/m0/s1. The maximum absolute atomic E-state index is 13.0. The first-order valence-electron chi connectivity index (χ1n) is 10.3. The summed E-state index contributed by atoms with van der Waals surface area (Å²) in [6.45, 7) is 8.01. The zero-order chi connectivity index (χ0) is 22.4. The van der Waals surface area contributed by atoms with Gasteiger partial charge in [0.1, 0.15) is 17.6 Å². The zero-order valence-corrected chi connectivity index (χ0v) is 18.0. The van der Waals surface area contributed by atoms with Crippen molar-refractivity contribution in [3.05, 3.63) is 46.6 Å². The molecule has 0 saturated heterocycles. The van der Waals surface area contributed by atoms with E-state index >= 15 is 0 Å². The van der Waals surface area contributed by atoms with Crippen LogP contribution in [-0.2, 0) is 9.53 Å². The number of carbonyl (C=O) groups is 3. The second kappa shape index (κ2) is 10.2. The number of allylic oxidation sites excluding steroid dienone is 2. The molecule has 0 aromatic heterocycles. The monoisotopic (exact) mass is 414 g/mol. The summed E-state index contributed by atoms with van der Waals surface area (Å²) in [5.41, 5.74) is 0.489. The number of rotatable bonds is 9. The van der Waals surface area contributed by atoms with Gasteiger partial charge in [0.05, 0.1) is 11.1 Å². The minimum atomic E-state index is -0.941. The van der Waals surface area contributed by atoms with Crippen LogP contribution in [0.3, 0.4) is 0 Å². The average molecular weight is 414 g/mol. The lowest BCUT2D eigenvalue weighted by Gasteiger charge is -2.23. The number of ketones is 2. The number of esters is 1. The van der Waals surface area contributed by atoms with Crippen molar-refractivity contribution in [2.24, 2.45) is 5.92 Å². The highest BCUT2D eigenvalue weighted by Crippen LogP contribution is 2.36. The van der Waals surface area contributed by atoms with E-state index in [4.69, 9.17) is 4.74 Å². The lowest BCUT2D eigenvalue weighted by atomic mass is 9.85. The summed E-state index contributed by atoms with van der Waals surface area (Å²) in [6.07, 6.45) is 5.07. The molecule has 1 aliphatic carbocycles. The number of fused-ring (bicyclic) bond motifs is 1. The van der Waals surface area contributed by atoms with Crippen LogP contribution in [0.15, 0.2) is 35.4 Å². The van der Waals surface area contributed by atoms with Gasteiger partial charge in [0.2, 0.25) is 0 Å². The molecule has 0 radical (unpaired) electrons. The molecule has 1 aromatic carbocycles. The molecule has 1 aliphatic rings. The van der Waals surface area contributed by atoms with Crippen molar-refractivity contribution in [3.63, 3.8) is 0 Å². The molecule has 0 saturated carbocycles. The van der Waals surface area contributed by atoms with Crippen LogP contribution in [0.25, 0.3) is 0 Å². The highest BCUT2D eigenvalue weighted by molar-refractivity contribution is 6.27. The zero-order valence-electron chi connectivity index (χ0n) is 18.0. The number of phenols is 2. The van der Waals surface area contributed by atoms with E-state index in [1.54, 1.807) is 0 Å². The van der Waals surface area contributed by atoms with Crippen molar-refractivity contribution in [2.45, 2.75) is 65.9 Å². The predicted molar refractivity (Wildman–Crippen MR) is 114 cm³/mol. The molecule has 1 atom stereocenters. The quantitative estimate of drug-likeness (QED) is 0.258. The van der Waals surface area contributed by atoms with E-state index in [9.17, 15) is 24.6 Å². The Kier molecular flexibility index (Phi) is 7.98. The average Bonchev–Trinajstić information content (AvgIpc) is 2.66. The predicted octanol–water partition coefficient (Wildman–Crippen LogP) is 4.89. The summed E-state index contributed by atoms with van der Waals surface area (Å²) in [4.78, 5) is 38.0. The van der Waals surface area contributed by atoms with Crippen molar-refractivity contribution in [1.82, 2.24) is 0 Å². The van der Waals surface area contributed by atoms with E-state index in [-0.39, 0.29) is 35.3 Å². The lowest BCUT2D eigenvalue weighted by molar-refractivity contribution is -0.147. The first-order valence-corrected chi connectivity index (χ1v) is 10.3. The number of hydrogen-bond donors (Lipinski definition) is 2. The van der Waals surface area contributed by atoms with Crippen LogP contribution in [0.1, 0.15) is 80.5 Å². The highest BCUT2D eigenvalue weighted by Gasteiger charge is 2.35. The molecule has 2 N–H and O–H groups in total. The third kappa shape index (κ3) is 5.81. The van der Waals surface area contributed by atoms with Gasteiger partial charge >= 0.3 is 5.97 Å². The number of hydrogen-bond acceptors (Lipinski definition) is 6. The molecule has 162 valence electrons. The number of benzene rings is 1. The Morgan fingerprint density at radius 2 is 1.70 bits per heavy atom. The van der Waals surface area contributed by atoms with Crippen molar-refractivity contribution in [2.75, 3.05) is 0 Å². The number of Topliss-reactive ketones (excluding diaryl/α,β-unsaturated/α-hetero) is 1. The van der Waals surface area contributed by atoms with Gasteiger partial charge in [-0.25, -0.2) is 0 Å². The normalized spacial score (nSPS) is 14.2. The van der Waals surface area contributed by atoms with Crippen LogP contribution in [0, 0.1) is 5.92 Å². The van der Waals surface area contributed by atoms with Gasteiger partial charge in [-0.3, -0.25) is 14.4 Å². The fraction of sp³-hybridized carbons (Fsp3) is 0.458. The third-order valence-electron chi connectivity index (χ3n) is 4.96. The largest absolute Gasteiger partial charge is 0.507 e. The molecule has 6 nitrogen and oxygen atoms in total. The first-order chi connectivity index (χ1) is 14.1. The molecule has 2 rings (SSSR count).